The normalized spacial score (nSPS) is 17.8. The van der Waals surface area contributed by atoms with Gasteiger partial charge in [0.05, 0.1) is 11.3 Å². The topological polar surface area (TPSA) is 52.7 Å². The van der Waals surface area contributed by atoms with E-state index in [0.717, 1.165) is 50.1 Å². The molecule has 1 N–H and O–H groups in total. The highest BCUT2D eigenvalue weighted by atomic mass is 16.2. The van der Waals surface area contributed by atoms with E-state index in [1.807, 2.05) is 64.4 Å². The molecule has 2 aliphatic heterocycles. The lowest BCUT2D eigenvalue weighted by Crippen LogP contribution is -2.45. The van der Waals surface area contributed by atoms with Gasteiger partial charge in [-0.15, -0.1) is 0 Å². The zero-order valence-corrected chi connectivity index (χ0v) is 16.8. The van der Waals surface area contributed by atoms with Crippen LogP contribution < -0.4 is 5.32 Å². The molecule has 0 saturated carbocycles. The van der Waals surface area contributed by atoms with Gasteiger partial charge >= 0.3 is 0 Å². The first-order valence-electron chi connectivity index (χ1n) is 10.7. The summed E-state index contributed by atoms with van der Waals surface area (Å²) in [4.78, 5) is 29.9. The first kappa shape index (κ1) is 19.5. The van der Waals surface area contributed by atoms with Crippen LogP contribution in [0, 0.1) is 5.92 Å². The number of hydrogen-bond acceptors (Lipinski definition) is 3. The number of nitrogens with one attached hydrogen (secondary N) is 1. The first-order chi connectivity index (χ1) is 14.2. The summed E-state index contributed by atoms with van der Waals surface area (Å²) in [6, 6.07) is 17.5. The molecule has 0 atom stereocenters. The Labute approximate surface area is 172 Å². The smallest absolute Gasteiger partial charge is 0.255 e. The van der Waals surface area contributed by atoms with Gasteiger partial charge in [-0.2, -0.15) is 0 Å². The van der Waals surface area contributed by atoms with E-state index >= 15 is 0 Å². The van der Waals surface area contributed by atoms with Crippen molar-refractivity contribution in [3.63, 3.8) is 0 Å². The predicted molar refractivity (Wildman–Crippen MR) is 115 cm³/mol. The molecular formula is C24H29N3O2. The Morgan fingerprint density at radius 2 is 1.41 bits per heavy atom. The van der Waals surface area contributed by atoms with Crippen LogP contribution in [-0.4, -0.2) is 47.8 Å². The Morgan fingerprint density at radius 3 is 2.14 bits per heavy atom. The number of piperidine rings is 2. The van der Waals surface area contributed by atoms with Crippen LogP contribution in [0.5, 0.6) is 0 Å². The molecule has 2 heterocycles. The van der Waals surface area contributed by atoms with Crippen LogP contribution in [0.1, 0.15) is 42.5 Å². The zero-order valence-electron chi connectivity index (χ0n) is 16.8. The predicted octanol–water partition coefficient (Wildman–Crippen LogP) is 4.29. The van der Waals surface area contributed by atoms with Gasteiger partial charge in [0.15, 0.2) is 0 Å². The fraction of sp³-hybridized carbons (Fsp3) is 0.417. The number of carbonyl (C=O) groups excluding carboxylic acids is 2. The van der Waals surface area contributed by atoms with Crippen LogP contribution in [0.4, 0.5) is 11.4 Å². The van der Waals surface area contributed by atoms with E-state index in [-0.39, 0.29) is 11.8 Å². The maximum atomic E-state index is 13.2. The van der Waals surface area contributed by atoms with Crippen molar-refractivity contribution in [1.82, 2.24) is 9.80 Å². The largest absolute Gasteiger partial charge is 0.355 e. The maximum Gasteiger partial charge on any atom is 0.255 e. The Kier molecular flexibility index (Phi) is 6.13. The molecule has 2 aromatic carbocycles. The number of para-hydroxylation sites is 2. The molecule has 152 valence electrons. The summed E-state index contributed by atoms with van der Waals surface area (Å²) in [6.07, 6.45) is 4.99. The molecule has 29 heavy (non-hydrogen) atoms. The quantitative estimate of drug-likeness (QED) is 0.846. The molecule has 0 spiro atoms. The second-order valence-corrected chi connectivity index (χ2v) is 7.99. The number of benzene rings is 2. The van der Waals surface area contributed by atoms with Gasteiger partial charge in [0.2, 0.25) is 5.91 Å². The van der Waals surface area contributed by atoms with E-state index < -0.39 is 0 Å². The third-order valence-corrected chi connectivity index (χ3v) is 6.01. The molecule has 4 rings (SSSR count). The third kappa shape index (κ3) is 4.61. The number of hydrogen-bond donors (Lipinski definition) is 1. The number of rotatable bonds is 4. The number of carbonyl (C=O) groups is 2. The molecule has 0 radical (unpaired) electrons. The minimum absolute atomic E-state index is 0.0351. The lowest BCUT2D eigenvalue weighted by molar-refractivity contribution is -0.137. The summed E-state index contributed by atoms with van der Waals surface area (Å²) in [5.41, 5.74) is 2.45. The summed E-state index contributed by atoms with van der Waals surface area (Å²) in [5, 5.41) is 3.35. The molecule has 2 amide bonds. The highest BCUT2D eigenvalue weighted by molar-refractivity contribution is 6.00. The first-order valence-corrected chi connectivity index (χ1v) is 10.7. The Balaban J connectivity index is 1.39. The fourth-order valence-corrected chi connectivity index (χ4v) is 4.33. The monoisotopic (exact) mass is 391 g/mol. The lowest BCUT2D eigenvalue weighted by atomic mass is 9.94. The van der Waals surface area contributed by atoms with Gasteiger partial charge in [-0.25, -0.2) is 0 Å². The van der Waals surface area contributed by atoms with Crippen molar-refractivity contribution in [3.8, 4) is 0 Å². The molecule has 2 aromatic rings. The molecule has 0 unspecified atom stereocenters. The van der Waals surface area contributed by atoms with E-state index in [0.29, 0.717) is 24.6 Å². The molecule has 5 nitrogen and oxygen atoms in total. The summed E-state index contributed by atoms with van der Waals surface area (Å²) in [7, 11) is 0. The van der Waals surface area contributed by atoms with Gasteiger partial charge in [-0.05, 0) is 56.4 Å². The van der Waals surface area contributed by atoms with E-state index in [9.17, 15) is 9.59 Å². The average Bonchev–Trinajstić information content (AvgIpc) is 2.80. The second-order valence-electron chi connectivity index (χ2n) is 7.99. The summed E-state index contributed by atoms with van der Waals surface area (Å²) >= 11 is 0. The summed E-state index contributed by atoms with van der Waals surface area (Å²) in [5.74, 6) is 0.394. The van der Waals surface area contributed by atoms with Crippen molar-refractivity contribution < 1.29 is 9.59 Å². The van der Waals surface area contributed by atoms with Crippen molar-refractivity contribution >= 4 is 23.2 Å². The molecule has 2 saturated heterocycles. The average molecular weight is 392 g/mol. The van der Waals surface area contributed by atoms with Crippen molar-refractivity contribution in [1.29, 1.82) is 0 Å². The number of anilines is 2. The molecule has 0 aromatic heterocycles. The maximum absolute atomic E-state index is 13.2. The SMILES string of the molecule is O=C(c1ccccc1Nc1ccccc1)N1CCC(C(=O)N2CCCCC2)CC1. The van der Waals surface area contributed by atoms with Gasteiger partial charge in [-0.1, -0.05) is 30.3 Å². The highest BCUT2D eigenvalue weighted by Gasteiger charge is 2.31. The lowest BCUT2D eigenvalue weighted by Gasteiger charge is -2.35. The van der Waals surface area contributed by atoms with E-state index in [1.54, 1.807) is 0 Å². The zero-order chi connectivity index (χ0) is 20.1. The van der Waals surface area contributed by atoms with E-state index in [4.69, 9.17) is 0 Å². The minimum atomic E-state index is 0.0351. The Bertz CT molecular complexity index is 838. The molecule has 2 fully saturated rings. The number of amides is 2. The summed E-state index contributed by atoms with van der Waals surface area (Å²) in [6.45, 7) is 3.08. The van der Waals surface area contributed by atoms with Crippen molar-refractivity contribution in [3.05, 3.63) is 60.2 Å². The summed E-state index contributed by atoms with van der Waals surface area (Å²) < 4.78 is 0. The van der Waals surface area contributed by atoms with Crippen molar-refractivity contribution in [2.75, 3.05) is 31.5 Å². The standard InChI is InChI=1S/C24H29N3O2/c28-23(26-15-7-2-8-16-26)19-13-17-27(18-14-19)24(29)21-11-5-6-12-22(21)25-20-9-3-1-4-10-20/h1,3-6,9-12,19,25H,2,7-8,13-18H2. The molecular weight excluding hydrogens is 362 g/mol. The van der Waals surface area contributed by atoms with Crippen molar-refractivity contribution in [2.45, 2.75) is 32.1 Å². The molecule has 0 aliphatic carbocycles. The number of likely N-dealkylation sites (tertiary alicyclic amines) is 2. The van der Waals surface area contributed by atoms with Crippen molar-refractivity contribution in [2.24, 2.45) is 5.92 Å². The van der Waals surface area contributed by atoms with Gasteiger partial charge in [0, 0.05) is 37.8 Å². The molecule has 0 bridgehead atoms. The van der Waals surface area contributed by atoms with Crippen LogP contribution in [0.15, 0.2) is 54.6 Å². The van der Waals surface area contributed by atoms with Crippen LogP contribution >= 0.6 is 0 Å². The Morgan fingerprint density at radius 1 is 0.759 bits per heavy atom. The molecule has 5 heteroatoms. The number of nitrogens with zero attached hydrogens (tertiary/aromatic N) is 2. The Hall–Kier alpha value is -2.82. The van der Waals surface area contributed by atoms with Gasteiger partial charge in [0.25, 0.3) is 5.91 Å². The van der Waals surface area contributed by atoms with E-state index in [2.05, 4.69) is 5.32 Å². The van der Waals surface area contributed by atoms with Crippen LogP contribution in [-0.2, 0) is 4.79 Å². The fourth-order valence-electron chi connectivity index (χ4n) is 4.33. The van der Waals surface area contributed by atoms with E-state index in [1.165, 1.54) is 6.42 Å². The van der Waals surface area contributed by atoms with Gasteiger partial charge in [-0.3, -0.25) is 9.59 Å². The van der Waals surface area contributed by atoms with Gasteiger partial charge < -0.3 is 15.1 Å². The highest BCUT2D eigenvalue weighted by Crippen LogP contribution is 2.26. The van der Waals surface area contributed by atoms with Gasteiger partial charge in [0.1, 0.15) is 0 Å². The minimum Gasteiger partial charge on any atom is -0.355 e. The molecule has 2 aliphatic rings. The van der Waals surface area contributed by atoms with Crippen LogP contribution in [0.2, 0.25) is 0 Å². The third-order valence-electron chi connectivity index (χ3n) is 6.01. The second kappa shape index (κ2) is 9.12. The van der Waals surface area contributed by atoms with Crippen LogP contribution in [0.3, 0.4) is 0 Å². The van der Waals surface area contributed by atoms with Crippen LogP contribution in [0.25, 0.3) is 0 Å².